The van der Waals surface area contributed by atoms with Gasteiger partial charge in [-0.3, -0.25) is 4.98 Å². The van der Waals surface area contributed by atoms with Crippen LogP contribution in [-0.4, -0.2) is 9.97 Å². The number of aromatic nitrogens is 2. The smallest absolute Gasteiger partial charge is 0.0795 e. The molecule has 1 N–H and O–H groups in total. The Hall–Kier alpha value is -2.00. The van der Waals surface area contributed by atoms with Crippen molar-refractivity contribution in [3.63, 3.8) is 0 Å². The van der Waals surface area contributed by atoms with Crippen molar-refractivity contribution in [2.45, 2.75) is 0 Å². The summed E-state index contributed by atoms with van der Waals surface area (Å²) in [6, 6.07) is 14.0. The van der Waals surface area contributed by atoms with Crippen LogP contribution >= 0.6 is 12.2 Å². The van der Waals surface area contributed by atoms with E-state index in [1.165, 1.54) is 0 Å². The lowest BCUT2D eigenvalue weighted by molar-refractivity contribution is 1.31. The Bertz CT molecular complexity index is 726. The van der Waals surface area contributed by atoms with Gasteiger partial charge in [0.25, 0.3) is 0 Å². The van der Waals surface area contributed by atoms with Gasteiger partial charge in [0.2, 0.25) is 0 Å². The number of para-hydroxylation sites is 1. The van der Waals surface area contributed by atoms with Gasteiger partial charge >= 0.3 is 0 Å². The van der Waals surface area contributed by atoms with Crippen LogP contribution in [0.1, 0.15) is 0 Å². The molecule has 3 aromatic rings. The first-order chi connectivity index (χ1) is 8.34. The van der Waals surface area contributed by atoms with Gasteiger partial charge in [0.05, 0.1) is 5.52 Å². The quantitative estimate of drug-likeness (QED) is 0.650. The van der Waals surface area contributed by atoms with Crippen molar-refractivity contribution < 1.29 is 0 Å². The molecular formula is C14H10N2S. The van der Waals surface area contributed by atoms with Gasteiger partial charge in [-0.2, -0.15) is 0 Å². The van der Waals surface area contributed by atoms with Gasteiger partial charge in [-0.05, 0) is 18.2 Å². The second kappa shape index (κ2) is 4.11. The number of hydrogen-bond donors (Lipinski definition) is 1. The summed E-state index contributed by atoms with van der Waals surface area (Å²) >= 11 is 5.18. The molecule has 0 aliphatic carbocycles. The average molecular weight is 238 g/mol. The minimum atomic E-state index is 0.826. The number of H-pyrrole nitrogens is 1. The molecule has 2 nitrogen and oxygen atoms in total. The molecule has 82 valence electrons. The Morgan fingerprint density at radius 1 is 1.06 bits per heavy atom. The number of nitrogens with one attached hydrogen (secondary N) is 1. The predicted octanol–water partition coefficient (Wildman–Crippen LogP) is 3.96. The van der Waals surface area contributed by atoms with Crippen molar-refractivity contribution in [2.24, 2.45) is 0 Å². The molecule has 0 saturated carbocycles. The molecule has 0 spiro atoms. The predicted molar refractivity (Wildman–Crippen MR) is 72.4 cm³/mol. The molecule has 0 saturated heterocycles. The van der Waals surface area contributed by atoms with Crippen LogP contribution in [0.5, 0.6) is 0 Å². The van der Waals surface area contributed by atoms with E-state index in [9.17, 15) is 0 Å². The van der Waals surface area contributed by atoms with Gasteiger partial charge < -0.3 is 4.98 Å². The van der Waals surface area contributed by atoms with Crippen molar-refractivity contribution in [3.8, 4) is 11.3 Å². The maximum absolute atomic E-state index is 5.18. The van der Waals surface area contributed by atoms with Crippen LogP contribution in [0.15, 0.2) is 54.9 Å². The van der Waals surface area contributed by atoms with Crippen LogP contribution in [0.3, 0.4) is 0 Å². The van der Waals surface area contributed by atoms with E-state index in [-0.39, 0.29) is 0 Å². The number of rotatable bonds is 1. The Labute approximate surface area is 104 Å². The number of aromatic amines is 1. The van der Waals surface area contributed by atoms with E-state index in [1.54, 1.807) is 0 Å². The highest BCUT2D eigenvalue weighted by Gasteiger charge is 2.03. The highest BCUT2D eigenvalue weighted by atomic mass is 32.1. The van der Waals surface area contributed by atoms with Crippen molar-refractivity contribution in [3.05, 3.63) is 59.4 Å². The molecule has 0 fully saturated rings. The van der Waals surface area contributed by atoms with Gasteiger partial charge in [-0.15, -0.1) is 0 Å². The van der Waals surface area contributed by atoms with Crippen molar-refractivity contribution in [2.75, 3.05) is 0 Å². The Kier molecular flexibility index (Phi) is 2.46. The second-order valence-electron chi connectivity index (χ2n) is 3.82. The minimum Gasteiger partial charge on any atom is -0.361 e. The van der Waals surface area contributed by atoms with E-state index in [0.717, 1.165) is 26.7 Å². The first kappa shape index (κ1) is 10.2. The summed E-state index contributed by atoms with van der Waals surface area (Å²) in [4.78, 5) is 7.64. The molecule has 2 aromatic heterocycles. The molecule has 0 radical (unpaired) electrons. The van der Waals surface area contributed by atoms with Crippen molar-refractivity contribution in [1.82, 2.24) is 9.97 Å². The van der Waals surface area contributed by atoms with Crippen LogP contribution in [0.2, 0.25) is 0 Å². The first-order valence-electron chi connectivity index (χ1n) is 5.37. The molecule has 0 atom stereocenters. The lowest BCUT2D eigenvalue weighted by atomic mass is 10.1. The third-order valence-corrected chi connectivity index (χ3v) is 2.95. The van der Waals surface area contributed by atoms with Gasteiger partial charge in [0.1, 0.15) is 0 Å². The molecule has 2 heterocycles. The van der Waals surface area contributed by atoms with Gasteiger partial charge in [0.15, 0.2) is 0 Å². The van der Waals surface area contributed by atoms with E-state index in [4.69, 9.17) is 12.2 Å². The monoisotopic (exact) mass is 238 g/mol. The third-order valence-electron chi connectivity index (χ3n) is 2.70. The fourth-order valence-corrected chi connectivity index (χ4v) is 2.11. The number of hydrogen-bond acceptors (Lipinski definition) is 2. The summed E-state index contributed by atoms with van der Waals surface area (Å²) in [6.45, 7) is 0. The van der Waals surface area contributed by atoms with Gasteiger partial charge in [0, 0.05) is 33.5 Å². The highest BCUT2D eigenvalue weighted by molar-refractivity contribution is 7.71. The van der Waals surface area contributed by atoms with Crippen LogP contribution in [0, 0.1) is 4.51 Å². The number of pyridine rings is 2. The van der Waals surface area contributed by atoms with Gasteiger partial charge in [-0.1, -0.05) is 36.5 Å². The second-order valence-corrected chi connectivity index (χ2v) is 4.29. The first-order valence-corrected chi connectivity index (χ1v) is 5.78. The maximum atomic E-state index is 5.18. The van der Waals surface area contributed by atoms with Gasteiger partial charge in [-0.25, -0.2) is 0 Å². The fraction of sp³-hybridized carbons (Fsp3) is 0. The van der Waals surface area contributed by atoms with E-state index in [0.29, 0.717) is 0 Å². The lowest BCUT2D eigenvalue weighted by Crippen LogP contribution is -1.86. The van der Waals surface area contributed by atoms with Crippen LogP contribution in [-0.2, 0) is 0 Å². The average Bonchev–Trinajstić information content (AvgIpc) is 2.38. The topological polar surface area (TPSA) is 28.7 Å². The molecule has 0 unspecified atom stereocenters. The summed E-state index contributed by atoms with van der Waals surface area (Å²) < 4.78 is 0.826. The van der Waals surface area contributed by atoms with Crippen LogP contribution in [0.25, 0.3) is 22.2 Å². The third kappa shape index (κ3) is 1.85. The maximum Gasteiger partial charge on any atom is 0.0795 e. The molecule has 0 aliphatic rings. The zero-order valence-electron chi connectivity index (χ0n) is 9.05. The molecular weight excluding hydrogens is 228 g/mol. The molecule has 3 rings (SSSR count). The van der Waals surface area contributed by atoms with E-state index in [2.05, 4.69) is 28.2 Å². The molecule has 1 aromatic carbocycles. The van der Waals surface area contributed by atoms with Crippen LogP contribution in [0.4, 0.5) is 0 Å². The zero-order chi connectivity index (χ0) is 11.7. The number of nitrogens with zero attached hydrogens (tertiary/aromatic N) is 1. The summed E-state index contributed by atoms with van der Waals surface area (Å²) in [5, 5.41) is 1.13. The molecule has 17 heavy (non-hydrogen) atoms. The highest BCUT2D eigenvalue weighted by Crippen LogP contribution is 2.25. The number of benzene rings is 1. The summed E-state index contributed by atoms with van der Waals surface area (Å²) in [6.07, 6.45) is 3.67. The SMILES string of the molecule is S=c1cc[nH]c(-c2cccc3cccnc23)c1. The normalized spacial score (nSPS) is 10.6. The zero-order valence-corrected chi connectivity index (χ0v) is 9.87. The summed E-state index contributed by atoms with van der Waals surface area (Å²) in [7, 11) is 0. The Balaban J connectivity index is 2.34. The van der Waals surface area contributed by atoms with E-state index >= 15 is 0 Å². The van der Waals surface area contributed by atoms with E-state index in [1.807, 2.05) is 36.7 Å². The summed E-state index contributed by atoms with van der Waals surface area (Å²) in [5.74, 6) is 0. The molecule has 0 bridgehead atoms. The standard InChI is InChI=1S/C14H10N2S/c17-11-6-8-15-13(9-11)12-5-1-3-10-4-2-7-16-14(10)12/h1-9H,(H,15,17). The Morgan fingerprint density at radius 3 is 2.82 bits per heavy atom. The Morgan fingerprint density at radius 2 is 1.94 bits per heavy atom. The van der Waals surface area contributed by atoms with E-state index < -0.39 is 0 Å². The van der Waals surface area contributed by atoms with Crippen molar-refractivity contribution in [1.29, 1.82) is 0 Å². The minimum absolute atomic E-state index is 0.826. The lowest BCUT2D eigenvalue weighted by Gasteiger charge is -2.05. The number of fused-ring (bicyclic) bond motifs is 1. The molecule has 0 amide bonds. The molecule has 3 heteroatoms. The molecule has 0 aliphatic heterocycles. The van der Waals surface area contributed by atoms with Crippen LogP contribution < -0.4 is 0 Å². The largest absolute Gasteiger partial charge is 0.361 e. The summed E-state index contributed by atoms with van der Waals surface area (Å²) in [5.41, 5.74) is 3.07. The van der Waals surface area contributed by atoms with Crippen molar-refractivity contribution >= 4 is 23.1 Å². The fourth-order valence-electron chi connectivity index (χ4n) is 1.92.